The molecule has 0 radical (unpaired) electrons. The van der Waals surface area contributed by atoms with Crippen LogP contribution < -0.4 is 15.4 Å². The molecule has 0 unspecified atom stereocenters. The number of rotatable bonds is 6. The number of carbonyl (C=O) groups is 2. The summed E-state index contributed by atoms with van der Waals surface area (Å²) in [4.78, 5) is 30.0. The average Bonchev–Trinajstić information content (AvgIpc) is 3.13. The molecule has 2 amide bonds. The first-order valence-electron chi connectivity index (χ1n) is 10.6. The standard InChI is InChI=1S/C26H21Br2N3O3S/c1-15-6-8-19(9-7-15)30-26-31-25(33)22(35-26)12-17-11-18(27)13-21(28)24(17)34-14-23(32)29-20-5-3-4-16(2)10-20/h3-13H,14H2,1-2H3,(H,29,32)(H,30,31,33)/b22-12-. The molecular formula is C26H21Br2N3O3S. The lowest BCUT2D eigenvalue weighted by Gasteiger charge is -2.13. The molecular weight excluding hydrogens is 594 g/mol. The Kier molecular flexibility index (Phi) is 8.10. The van der Waals surface area contributed by atoms with Gasteiger partial charge in [0.15, 0.2) is 11.8 Å². The molecule has 3 aromatic carbocycles. The van der Waals surface area contributed by atoms with Gasteiger partial charge in [-0.25, -0.2) is 4.99 Å². The number of nitrogens with zero attached hydrogens (tertiary/aromatic N) is 1. The van der Waals surface area contributed by atoms with Gasteiger partial charge in [0.05, 0.1) is 15.1 Å². The van der Waals surface area contributed by atoms with Gasteiger partial charge in [0.1, 0.15) is 5.75 Å². The lowest BCUT2D eigenvalue weighted by molar-refractivity contribution is -0.118. The average molecular weight is 615 g/mol. The molecule has 3 aromatic rings. The first kappa shape index (κ1) is 25.2. The van der Waals surface area contributed by atoms with Crippen LogP contribution in [0.5, 0.6) is 5.75 Å². The summed E-state index contributed by atoms with van der Waals surface area (Å²) in [6.07, 6.45) is 1.72. The monoisotopic (exact) mass is 613 g/mol. The van der Waals surface area contributed by atoms with Crippen molar-refractivity contribution >= 4 is 78.1 Å². The first-order valence-corrected chi connectivity index (χ1v) is 13.0. The lowest BCUT2D eigenvalue weighted by atomic mass is 10.2. The van der Waals surface area contributed by atoms with Crippen molar-refractivity contribution < 1.29 is 14.3 Å². The summed E-state index contributed by atoms with van der Waals surface area (Å²) in [7, 11) is 0. The van der Waals surface area contributed by atoms with Crippen LogP contribution in [0.25, 0.3) is 6.08 Å². The van der Waals surface area contributed by atoms with Crippen molar-refractivity contribution in [3.63, 3.8) is 0 Å². The van der Waals surface area contributed by atoms with Crippen molar-refractivity contribution in [2.75, 3.05) is 11.9 Å². The second-order valence-electron chi connectivity index (χ2n) is 7.83. The zero-order valence-corrected chi connectivity index (χ0v) is 22.9. The Hall–Kier alpha value is -2.88. The zero-order valence-electron chi connectivity index (χ0n) is 18.9. The molecule has 1 fully saturated rings. The molecule has 6 nitrogen and oxygen atoms in total. The van der Waals surface area contributed by atoms with Gasteiger partial charge in [0.2, 0.25) is 0 Å². The van der Waals surface area contributed by atoms with E-state index in [9.17, 15) is 9.59 Å². The van der Waals surface area contributed by atoms with Gasteiger partial charge in [-0.15, -0.1) is 0 Å². The fourth-order valence-corrected chi connectivity index (χ4v) is 5.46. The summed E-state index contributed by atoms with van der Waals surface area (Å²) < 4.78 is 7.32. The molecule has 0 spiro atoms. The topological polar surface area (TPSA) is 79.8 Å². The molecule has 178 valence electrons. The molecule has 1 saturated heterocycles. The van der Waals surface area contributed by atoms with Gasteiger partial charge in [0.25, 0.3) is 11.8 Å². The van der Waals surface area contributed by atoms with Crippen molar-refractivity contribution in [1.29, 1.82) is 0 Å². The molecule has 4 rings (SSSR count). The largest absolute Gasteiger partial charge is 0.482 e. The van der Waals surface area contributed by atoms with E-state index in [0.717, 1.165) is 21.3 Å². The summed E-state index contributed by atoms with van der Waals surface area (Å²) >= 11 is 8.23. The Morgan fingerprint density at radius 3 is 2.60 bits per heavy atom. The summed E-state index contributed by atoms with van der Waals surface area (Å²) in [6.45, 7) is 3.77. The Bertz CT molecular complexity index is 1350. The maximum Gasteiger partial charge on any atom is 0.264 e. The molecule has 0 bridgehead atoms. The minimum atomic E-state index is -0.287. The number of hydrogen-bond acceptors (Lipinski definition) is 5. The van der Waals surface area contributed by atoms with E-state index in [2.05, 4.69) is 47.5 Å². The maximum absolute atomic E-state index is 12.6. The predicted molar refractivity (Wildman–Crippen MR) is 149 cm³/mol. The fourth-order valence-electron chi connectivity index (χ4n) is 3.26. The summed E-state index contributed by atoms with van der Waals surface area (Å²) in [6, 6.07) is 18.9. The smallest absolute Gasteiger partial charge is 0.264 e. The van der Waals surface area contributed by atoms with Crippen LogP contribution >= 0.6 is 43.6 Å². The molecule has 0 saturated carbocycles. The normalized spacial score (nSPS) is 15.4. The quantitative estimate of drug-likeness (QED) is 0.302. The highest BCUT2D eigenvalue weighted by Gasteiger charge is 2.25. The number of halogens is 2. The number of benzene rings is 3. The highest BCUT2D eigenvalue weighted by atomic mass is 79.9. The van der Waals surface area contributed by atoms with Crippen molar-refractivity contribution in [3.8, 4) is 5.75 Å². The van der Waals surface area contributed by atoms with E-state index in [4.69, 9.17) is 4.74 Å². The number of amidine groups is 1. The number of amides is 2. The van der Waals surface area contributed by atoms with E-state index in [0.29, 0.717) is 31.5 Å². The van der Waals surface area contributed by atoms with Crippen LogP contribution in [0.1, 0.15) is 16.7 Å². The Balaban J connectivity index is 1.52. The minimum Gasteiger partial charge on any atom is -0.482 e. The molecule has 1 aliphatic rings. The van der Waals surface area contributed by atoms with E-state index < -0.39 is 0 Å². The number of aliphatic imine (C=N–C) groups is 1. The number of thioether (sulfide) groups is 1. The number of anilines is 1. The Labute approximate surface area is 224 Å². The fraction of sp³-hybridized carbons (Fsp3) is 0.115. The Morgan fingerprint density at radius 2 is 1.86 bits per heavy atom. The highest BCUT2D eigenvalue weighted by Crippen LogP contribution is 2.37. The molecule has 1 aliphatic heterocycles. The van der Waals surface area contributed by atoms with Crippen LogP contribution in [0, 0.1) is 13.8 Å². The Morgan fingerprint density at radius 1 is 1.09 bits per heavy atom. The number of carbonyl (C=O) groups excluding carboxylic acids is 2. The number of ether oxygens (including phenoxy) is 1. The molecule has 0 aromatic heterocycles. The summed E-state index contributed by atoms with van der Waals surface area (Å²) in [5, 5.41) is 6.12. The van der Waals surface area contributed by atoms with Crippen molar-refractivity contribution in [2.24, 2.45) is 4.99 Å². The van der Waals surface area contributed by atoms with E-state index in [1.807, 2.05) is 74.5 Å². The third kappa shape index (κ3) is 6.84. The van der Waals surface area contributed by atoms with E-state index in [1.54, 1.807) is 6.08 Å². The van der Waals surface area contributed by atoms with Crippen LogP contribution in [0.15, 0.2) is 79.5 Å². The van der Waals surface area contributed by atoms with Gasteiger partial charge < -0.3 is 15.4 Å². The van der Waals surface area contributed by atoms with Gasteiger partial charge in [-0.2, -0.15) is 0 Å². The van der Waals surface area contributed by atoms with Crippen LogP contribution in [0.2, 0.25) is 0 Å². The zero-order chi connectivity index (χ0) is 24.9. The van der Waals surface area contributed by atoms with Crippen LogP contribution in [0.4, 0.5) is 11.4 Å². The SMILES string of the molecule is Cc1ccc(N=C2NC(=O)/C(=C/c3cc(Br)cc(Br)c3OCC(=O)Nc3cccc(C)c3)S2)cc1. The second kappa shape index (κ2) is 11.2. The van der Waals surface area contributed by atoms with Crippen molar-refractivity contribution in [3.05, 3.63) is 91.2 Å². The molecule has 0 atom stereocenters. The summed E-state index contributed by atoms with van der Waals surface area (Å²) in [5.74, 6) is -0.0814. The number of nitrogens with one attached hydrogen (secondary N) is 2. The number of aryl methyl sites for hydroxylation is 2. The van der Waals surface area contributed by atoms with Crippen molar-refractivity contribution in [2.45, 2.75) is 13.8 Å². The third-order valence-corrected chi connectivity index (χ3v) is 6.85. The first-order chi connectivity index (χ1) is 16.8. The van der Waals surface area contributed by atoms with E-state index in [-0.39, 0.29) is 18.4 Å². The van der Waals surface area contributed by atoms with Crippen LogP contribution in [-0.2, 0) is 9.59 Å². The minimum absolute atomic E-state index is 0.191. The third-order valence-electron chi connectivity index (χ3n) is 4.89. The summed E-state index contributed by atoms with van der Waals surface area (Å²) in [5.41, 5.74) is 4.29. The second-order valence-corrected chi connectivity index (χ2v) is 10.6. The lowest BCUT2D eigenvalue weighted by Crippen LogP contribution is -2.20. The van der Waals surface area contributed by atoms with Gasteiger partial charge in [-0.1, -0.05) is 45.8 Å². The predicted octanol–water partition coefficient (Wildman–Crippen LogP) is 6.74. The molecule has 35 heavy (non-hydrogen) atoms. The highest BCUT2D eigenvalue weighted by molar-refractivity contribution is 9.11. The molecule has 9 heteroatoms. The van der Waals surface area contributed by atoms with Gasteiger partial charge in [-0.3, -0.25) is 9.59 Å². The van der Waals surface area contributed by atoms with Gasteiger partial charge >= 0.3 is 0 Å². The van der Waals surface area contributed by atoms with Gasteiger partial charge in [-0.05, 0) is 89.6 Å². The van der Waals surface area contributed by atoms with E-state index >= 15 is 0 Å². The molecule has 2 N–H and O–H groups in total. The number of hydrogen-bond donors (Lipinski definition) is 2. The molecule has 0 aliphatic carbocycles. The van der Waals surface area contributed by atoms with Crippen LogP contribution in [0.3, 0.4) is 0 Å². The van der Waals surface area contributed by atoms with E-state index in [1.165, 1.54) is 11.8 Å². The van der Waals surface area contributed by atoms with Gasteiger partial charge in [0, 0.05) is 15.7 Å². The van der Waals surface area contributed by atoms with Crippen molar-refractivity contribution in [1.82, 2.24) is 5.32 Å². The van der Waals surface area contributed by atoms with Crippen LogP contribution in [-0.4, -0.2) is 23.6 Å². The molecule has 1 heterocycles. The maximum atomic E-state index is 12.6.